The Hall–Kier alpha value is -2.22. The lowest BCUT2D eigenvalue weighted by Gasteiger charge is -2.08. The molecule has 0 unspecified atom stereocenters. The molecule has 1 rings (SSSR count). The zero-order valence-electron chi connectivity index (χ0n) is 13.3. The summed E-state index contributed by atoms with van der Waals surface area (Å²) in [6.45, 7) is 4.61. The van der Waals surface area contributed by atoms with Crippen LogP contribution < -0.4 is 0 Å². The van der Waals surface area contributed by atoms with Gasteiger partial charge in [-0.1, -0.05) is 0 Å². The molecule has 8 nitrogen and oxygen atoms in total. The van der Waals surface area contributed by atoms with Gasteiger partial charge < -0.3 is 14.3 Å². The number of aliphatic imine (C=N–C) groups is 1. The molecule has 128 valence electrons. The Morgan fingerprint density at radius 3 is 2.87 bits per heavy atom. The molecule has 1 aliphatic carbocycles. The molecule has 1 aliphatic rings. The maximum absolute atomic E-state index is 11.9. The van der Waals surface area contributed by atoms with Crippen LogP contribution in [0.15, 0.2) is 29.1 Å². The third-order valence-corrected chi connectivity index (χ3v) is 3.28. The fourth-order valence-electron chi connectivity index (χ4n) is 2.17. The van der Waals surface area contributed by atoms with Crippen LogP contribution >= 0.6 is 0 Å². The van der Waals surface area contributed by atoms with Crippen molar-refractivity contribution in [3.05, 3.63) is 34.2 Å². The minimum Gasteiger partial charge on any atom is -0.434 e. The smallest absolute Gasteiger partial charge is 0.313 e. The minimum absolute atomic E-state index is 0.301. The Kier molecular flexibility index (Phi) is 8.59. The standard InChI is InChI=1S/C15H22N2O6/c1-3-16-10-12(11-21-4-2)7-8-22-15(18)13-5-6-14(9-13)23-17(19)20/h3,7-8,10,13-14H,4-6,9,11H2,1-2H3/b8-7+,12-10+,16-3?/t13-,14+/m1/s1. The maximum atomic E-state index is 11.9. The molecule has 0 aromatic carbocycles. The maximum Gasteiger partial charge on any atom is 0.313 e. The van der Waals surface area contributed by atoms with E-state index in [2.05, 4.69) is 9.83 Å². The molecule has 0 spiro atoms. The van der Waals surface area contributed by atoms with Crippen molar-refractivity contribution in [1.82, 2.24) is 0 Å². The number of rotatable bonds is 9. The number of esters is 1. The number of hydrogen-bond donors (Lipinski definition) is 0. The lowest BCUT2D eigenvalue weighted by molar-refractivity contribution is -0.768. The molecule has 0 aromatic heterocycles. The Morgan fingerprint density at radius 2 is 2.22 bits per heavy atom. The Labute approximate surface area is 134 Å². The molecular formula is C15H22N2O6. The van der Waals surface area contributed by atoms with Gasteiger partial charge in [-0.2, -0.15) is 0 Å². The third-order valence-electron chi connectivity index (χ3n) is 3.28. The van der Waals surface area contributed by atoms with E-state index < -0.39 is 17.2 Å². The van der Waals surface area contributed by atoms with E-state index in [1.807, 2.05) is 6.92 Å². The molecule has 2 atom stereocenters. The summed E-state index contributed by atoms with van der Waals surface area (Å²) in [7, 11) is 0. The number of ether oxygens (including phenoxy) is 2. The van der Waals surface area contributed by atoms with E-state index in [4.69, 9.17) is 9.47 Å². The first-order valence-electron chi connectivity index (χ1n) is 7.49. The van der Waals surface area contributed by atoms with Gasteiger partial charge in [0.2, 0.25) is 0 Å². The van der Waals surface area contributed by atoms with Gasteiger partial charge in [0, 0.05) is 19.0 Å². The highest BCUT2D eigenvalue weighted by Gasteiger charge is 2.32. The zero-order chi connectivity index (χ0) is 17.1. The van der Waals surface area contributed by atoms with Crippen molar-refractivity contribution in [2.75, 3.05) is 13.2 Å². The van der Waals surface area contributed by atoms with E-state index in [9.17, 15) is 14.9 Å². The van der Waals surface area contributed by atoms with Gasteiger partial charge in [0.05, 0.1) is 18.8 Å². The van der Waals surface area contributed by atoms with Crippen LogP contribution in [-0.4, -0.2) is 36.6 Å². The Bertz CT molecular complexity index is 486. The van der Waals surface area contributed by atoms with Crippen LogP contribution in [0.5, 0.6) is 0 Å². The van der Waals surface area contributed by atoms with Crippen molar-refractivity contribution < 1.29 is 24.2 Å². The number of hydrogen-bond acceptors (Lipinski definition) is 7. The summed E-state index contributed by atoms with van der Waals surface area (Å²) >= 11 is 0. The highest BCUT2D eigenvalue weighted by molar-refractivity contribution is 5.73. The summed E-state index contributed by atoms with van der Waals surface area (Å²) in [4.78, 5) is 30.7. The molecule has 0 aliphatic heterocycles. The first-order valence-corrected chi connectivity index (χ1v) is 7.49. The summed E-state index contributed by atoms with van der Waals surface area (Å²) < 4.78 is 10.4. The normalized spacial score (nSPS) is 21.9. The van der Waals surface area contributed by atoms with Crippen molar-refractivity contribution in [2.45, 2.75) is 39.2 Å². The molecule has 0 N–H and O–H groups in total. The predicted molar refractivity (Wildman–Crippen MR) is 83.2 cm³/mol. The lowest BCUT2D eigenvalue weighted by Crippen LogP contribution is -2.17. The quantitative estimate of drug-likeness (QED) is 0.161. The van der Waals surface area contributed by atoms with E-state index >= 15 is 0 Å². The van der Waals surface area contributed by atoms with E-state index in [-0.39, 0.29) is 5.92 Å². The number of carbonyl (C=O) groups excluding carboxylic acids is 1. The van der Waals surface area contributed by atoms with Crippen LogP contribution in [0.2, 0.25) is 0 Å². The van der Waals surface area contributed by atoms with Crippen molar-refractivity contribution in [3.63, 3.8) is 0 Å². The fourth-order valence-corrected chi connectivity index (χ4v) is 2.17. The highest BCUT2D eigenvalue weighted by atomic mass is 17.0. The summed E-state index contributed by atoms with van der Waals surface area (Å²) in [5, 5.41) is 9.46. The van der Waals surface area contributed by atoms with E-state index in [0.29, 0.717) is 32.5 Å². The van der Waals surface area contributed by atoms with Gasteiger partial charge in [-0.25, -0.2) is 0 Å². The predicted octanol–water partition coefficient (Wildman–Crippen LogP) is 2.43. The molecule has 0 aromatic rings. The largest absolute Gasteiger partial charge is 0.434 e. The highest BCUT2D eigenvalue weighted by Crippen LogP contribution is 2.28. The molecule has 23 heavy (non-hydrogen) atoms. The summed E-state index contributed by atoms with van der Waals surface area (Å²) in [5.74, 6) is -0.789. The van der Waals surface area contributed by atoms with Crippen LogP contribution in [-0.2, 0) is 19.1 Å². The molecular weight excluding hydrogens is 304 g/mol. The fraction of sp³-hybridized carbons (Fsp3) is 0.600. The SMILES string of the molecule is CC=N/C=C(\C=C\OC(=O)[C@@H]1CC[C@H](O[N+](=O)[O-])C1)COCC. The van der Waals surface area contributed by atoms with E-state index in [1.54, 1.807) is 25.4 Å². The van der Waals surface area contributed by atoms with Gasteiger partial charge in [0.15, 0.2) is 0 Å². The summed E-state index contributed by atoms with van der Waals surface area (Å²) in [6, 6.07) is 0. The molecule has 1 fully saturated rings. The van der Waals surface area contributed by atoms with Gasteiger partial charge in [0.25, 0.3) is 5.09 Å². The van der Waals surface area contributed by atoms with Gasteiger partial charge in [-0.3, -0.25) is 9.79 Å². The van der Waals surface area contributed by atoms with Crippen LogP contribution in [0.1, 0.15) is 33.1 Å². The summed E-state index contributed by atoms with van der Waals surface area (Å²) in [5.41, 5.74) is 0.763. The van der Waals surface area contributed by atoms with E-state index in [1.165, 1.54) is 6.26 Å². The molecule has 0 radical (unpaired) electrons. The second-order valence-electron chi connectivity index (χ2n) is 4.95. The van der Waals surface area contributed by atoms with Crippen LogP contribution in [0.3, 0.4) is 0 Å². The molecule has 0 heterocycles. The third kappa shape index (κ3) is 7.55. The molecule has 0 saturated heterocycles. The van der Waals surface area contributed by atoms with Crippen molar-refractivity contribution in [2.24, 2.45) is 10.9 Å². The Morgan fingerprint density at radius 1 is 1.43 bits per heavy atom. The van der Waals surface area contributed by atoms with Crippen LogP contribution in [0.25, 0.3) is 0 Å². The van der Waals surface area contributed by atoms with Gasteiger partial charge in [-0.15, -0.1) is 10.1 Å². The lowest BCUT2D eigenvalue weighted by atomic mass is 10.1. The molecule has 8 heteroatoms. The number of carbonyl (C=O) groups is 1. The monoisotopic (exact) mass is 326 g/mol. The average Bonchev–Trinajstić information content (AvgIpc) is 2.97. The van der Waals surface area contributed by atoms with Crippen LogP contribution in [0.4, 0.5) is 0 Å². The van der Waals surface area contributed by atoms with Gasteiger partial charge in [-0.05, 0) is 44.8 Å². The second kappa shape index (κ2) is 10.5. The molecule has 0 amide bonds. The van der Waals surface area contributed by atoms with Crippen molar-refractivity contribution >= 4 is 12.2 Å². The van der Waals surface area contributed by atoms with Gasteiger partial charge >= 0.3 is 5.97 Å². The first-order chi connectivity index (χ1) is 11.1. The molecule has 0 bridgehead atoms. The van der Waals surface area contributed by atoms with E-state index in [0.717, 1.165) is 5.57 Å². The Balaban J connectivity index is 2.45. The van der Waals surface area contributed by atoms with Crippen molar-refractivity contribution in [1.29, 1.82) is 0 Å². The topological polar surface area (TPSA) is 100 Å². The van der Waals surface area contributed by atoms with Crippen molar-refractivity contribution in [3.8, 4) is 0 Å². The second-order valence-corrected chi connectivity index (χ2v) is 4.95. The number of nitrogens with zero attached hydrogens (tertiary/aromatic N) is 2. The minimum atomic E-state index is -0.822. The first kappa shape index (κ1) is 18.8. The average molecular weight is 326 g/mol. The van der Waals surface area contributed by atoms with Crippen LogP contribution in [0, 0.1) is 16.0 Å². The molecule has 1 saturated carbocycles. The van der Waals surface area contributed by atoms with Gasteiger partial charge in [0.1, 0.15) is 6.10 Å². The zero-order valence-corrected chi connectivity index (χ0v) is 13.3. The summed E-state index contributed by atoms with van der Waals surface area (Å²) in [6.07, 6.45) is 6.93.